The topological polar surface area (TPSA) is 40.5 Å². The zero-order valence-electron chi connectivity index (χ0n) is 8.75. The van der Waals surface area contributed by atoms with Crippen molar-refractivity contribution < 1.29 is 9.90 Å². The van der Waals surface area contributed by atoms with E-state index in [1.165, 1.54) is 6.42 Å². The van der Waals surface area contributed by atoms with Gasteiger partial charge in [-0.1, -0.05) is 13.3 Å². The Hall–Kier alpha value is -0.570. The second-order valence-electron chi connectivity index (χ2n) is 3.51. The number of carboxylic acid groups (broad SMARTS) is 1. The SMILES string of the molecule is CCCN(C)CCCCCC(=O)O. The van der Waals surface area contributed by atoms with Crippen LogP contribution in [0.15, 0.2) is 0 Å². The van der Waals surface area contributed by atoms with Crippen molar-refractivity contribution in [2.24, 2.45) is 0 Å². The third-order valence-electron chi connectivity index (χ3n) is 2.04. The van der Waals surface area contributed by atoms with Crippen LogP contribution in [0.2, 0.25) is 0 Å². The Morgan fingerprint density at radius 1 is 1.23 bits per heavy atom. The maximum atomic E-state index is 10.2. The van der Waals surface area contributed by atoms with Crippen molar-refractivity contribution in [3.63, 3.8) is 0 Å². The molecule has 0 spiro atoms. The zero-order chi connectivity index (χ0) is 10.1. The minimum atomic E-state index is -0.679. The van der Waals surface area contributed by atoms with Crippen LogP contribution in [0, 0.1) is 0 Å². The maximum absolute atomic E-state index is 10.2. The predicted molar refractivity (Wildman–Crippen MR) is 53.9 cm³/mol. The highest BCUT2D eigenvalue weighted by Gasteiger charge is 1.98. The summed E-state index contributed by atoms with van der Waals surface area (Å²) in [6.07, 6.45) is 4.46. The van der Waals surface area contributed by atoms with E-state index >= 15 is 0 Å². The fourth-order valence-electron chi connectivity index (χ4n) is 1.33. The van der Waals surface area contributed by atoms with E-state index in [2.05, 4.69) is 18.9 Å². The van der Waals surface area contributed by atoms with Gasteiger partial charge in [-0.3, -0.25) is 4.79 Å². The van der Waals surface area contributed by atoms with E-state index in [1.54, 1.807) is 0 Å². The first-order chi connectivity index (χ1) is 6.16. The Balaban J connectivity index is 3.11. The van der Waals surface area contributed by atoms with Crippen LogP contribution in [0.4, 0.5) is 0 Å². The van der Waals surface area contributed by atoms with Crippen molar-refractivity contribution in [1.29, 1.82) is 0 Å². The van der Waals surface area contributed by atoms with E-state index in [1.807, 2.05) is 0 Å². The first-order valence-electron chi connectivity index (χ1n) is 5.07. The highest BCUT2D eigenvalue weighted by Crippen LogP contribution is 2.01. The summed E-state index contributed by atoms with van der Waals surface area (Å²) in [5.41, 5.74) is 0. The summed E-state index contributed by atoms with van der Waals surface area (Å²) in [6.45, 7) is 4.40. The minimum absolute atomic E-state index is 0.317. The van der Waals surface area contributed by atoms with Crippen molar-refractivity contribution in [3.05, 3.63) is 0 Å². The van der Waals surface area contributed by atoms with Crippen molar-refractivity contribution >= 4 is 5.97 Å². The normalized spacial score (nSPS) is 10.7. The average molecular weight is 187 g/mol. The van der Waals surface area contributed by atoms with Crippen LogP contribution in [0.1, 0.15) is 39.0 Å². The molecule has 0 atom stereocenters. The molecule has 0 amide bonds. The van der Waals surface area contributed by atoms with Crippen LogP contribution in [-0.2, 0) is 4.79 Å². The number of unbranched alkanes of at least 4 members (excludes halogenated alkanes) is 2. The highest BCUT2D eigenvalue weighted by molar-refractivity contribution is 5.66. The molecule has 0 aliphatic rings. The van der Waals surface area contributed by atoms with Gasteiger partial charge in [-0.05, 0) is 39.4 Å². The lowest BCUT2D eigenvalue weighted by molar-refractivity contribution is -0.137. The Bertz CT molecular complexity index is 137. The number of nitrogens with zero attached hydrogens (tertiary/aromatic N) is 1. The molecule has 0 unspecified atom stereocenters. The van der Waals surface area contributed by atoms with Crippen LogP contribution in [0.5, 0.6) is 0 Å². The van der Waals surface area contributed by atoms with Crippen molar-refractivity contribution in [3.8, 4) is 0 Å². The van der Waals surface area contributed by atoms with E-state index in [4.69, 9.17) is 5.11 Å². The van der Waals surface area contributed by atoms with Gasteiger partial charge in [0, 0.05) is 6.42 Å². The van der Waals surface area contributed by atoms with Gasteiger partial charge < -0.3 is 10.0 Å². The molecule has 0 saturated heterocycles. The van der Waals surface area contributed by atoms with Crippen LogP contribution >= 0.6 is 0 Å². The smallest absolute Gasteiger partial charge is 0.303 e. The standard InChI is InChI=1S/C10H21NO2/c1-3-8-11(2)9-6-4-5-7-10(12)13/h3-9H2,1-2H3,(H,12,13). The van der Waals surface area contributed by atoms with Gasteiger partial charge in [0.2, 0.25) is 0 Å². The number of carboxylic acids is 1. The molecule has 0 fully saturated rings. The fourth-order valence-corrected chi connectivity index (χ4v) is 1.33. The molecule has 0 aromatic carbocycles. The summed E-state index contributed by atoms with van der Waals surface area (Å²) in [5, 5.41) is 8.40. The Kier molecular flexibility index (Phi) is 7.69. The molecule has 0 radical (unpaired) electrons. The Labute approximate surface area is 80.7 Å². The van der Waals surface area contributed by atoms with Gasteiger partial charge in [0.05, 0.1) is 0 Å². The first-order valence-corrected chi connectivity index (χ1v) is 5.07. The van der Waals surface area contributed by atoms with Gasteiger partial charge in [0.15, 0.2) is 0 Å². The third-order valence-corrected chi connectivity index (χ3v) is 2.04. The molecule has 0 aromatic rings. The summed E-state index contributed by atoms with van der Waals surface area (Å²) in [7, 11) is 2.11. The molecule has 0 aliphatic heterocycles. The van der Waals surface area contributed by atoms with Crippen LogP contribution in [0.3, 0.4) is 0 Å². The molecule has 1 N–H and O–H groups in total. The molecule has 0 saturated carbocycles. The molecule has 13 heavy (non-hydrogen) atoms. The molecule has 0 heterocycles. The summed E-state index contributed by atoms with van der Waals surface area (Å²) in [6, 6.07) is 0. The Morgan fingerprint density at radius 2 is 1.92 bits per heavy atom. The molecular weight excluding hydrogens is 166 g/mol. The molecule has 3 nitrogen and oxygen atoms in total. The summed E-state index contributed by atoms with van der Waals surface area (Å²) in [5.74, 6) is -0.679. The van der Waals surface area contributed by atoms with E-state index in [0.717, 1.165) is 32.4 Å². The summed E-state index contributed by atoms with van der Waals surface area (Å²) < 4.78 is 0. The average Bonchev–Trinajstić information content (AvgIpc) is 2.03. The lowest BCUT2D eigenvalue weighted by Gasteiger charge is -2.14. The number of aliphatic carboxylic acids is 1. The predicted octanol–water partition coefficient (Wildman–Crippen LogP) is 1.97. The van der Waals surface area contributed by atoms with Gasteiger partial charge in [0.1, 0.15) is 0 Å². The van der Waals surface area contributed by atoms with Gasteiger partial charge in [-0.2, -0.15) is 0 Å². The molecule has 0 aromatic heterocycles. The fraction of sp³-hybridized carbons (Fsp3) is 0.900. The van der Waals surface area contributed by atoms with E-state index in [9.17, 15) is 4.79 Å². The van der Waals surface area contributed by atoms with Crippen molar-refractivity contribution in [1.82, 2.24) is 4.90 Å². The second kappa shape index (κ2) is 8.05. The lowest BCUT2D eigenvalue weighted by Crippen LogP contribution is -2.20. The monoisotopic (exact) mass is 187 g/mol. The maximum Gasteiger partial charge on any atom is 0.303 e. The van der Waals surface area contributed by atoms with Gasteiger partial charge in [0.25, 0.3) is 0 Å². The number of rotatable bonds is 8. The first kappa shape index (κ1) is 12.4. The van der Waals surface area contributed by atoms with E-state index in [-0.39, 0.29) is 0 Å². The molecule has 78 valence electrons. The van der Waals surface area contributed by atoms with Gasteiger partial charge in [-0.15, -0.1) is 0 Å². The van der Waals surface area contributed by atoms with Crippen LogP contribution < -0.4 is 0 Å². The zero-order valence-corrected chi connectivity index (χ0v) is 8.75. The molecule has 0 aliphatic carbocycles. The van der Waals surface area contributed by atoms with Crippen LogP contribution in [-0.4, -0.2) is 36.1 Å². The molecule has 0 bridgehead atoms. The number of hydrogen-bond donors (Lipinski definition) is 1. The van der Waals surface area contributed by atoms with Gasteiger partial charge >= 0.3 is 5.97 Å². The van der Waals surface area contributed by atoms with E-state index in [0.29, 0.717) is 6.42 Å². The number of carbonyl (C=O) groups is 1. The minimum Gasteiger partial charge on any atom is -0.481 e. The largest absolute Gasteiger partial charge is 0.481 e. The lowest BCUT2D eigenvalue weighted by atomic mass is 10.2. The van der Waals surface area contributed by atoms with E-state index < -0.39 is 5.97 Å². The highest BCUT2D eigenvalue weighted by atomic mass is 16.4. The molecule has 3 heteroatoms. The third kappa shape index (κ3) is 9.34. The number of hydrogen-bond acceptors (Lipinski definition) is 2. The Morgan fingerprint density at radius 3 is 2.46 bits per heavy atom. The second-order valence-corrected chi connectivity index (χ2v) is 3.51. The molecule has 0 rings (SSSR count). The van der Waals surface area contributed by atoms with Crippen molar-refractivity contribution in [2.75, 3.05) is 20.1 Å². The van der Waals surface area contributed by atoms with Crippen LogP contribution in [0.25, 0.3) is 0 Å². The quantitative estimate of drug-likeness (QED) is 0.591. The summed E-state index contributed by atoms with van der Waals surface area (Å²) >= 11 is 0. The van der Waals surface area contributed by atoms with Gasteiger partial charge in [-0.25, -0.2) is 0 Å². The molecular formula is C10H21NO2. The van der Waals surface area contributed by atoms with Crippen molar-refractivity contribution in [2.45, 2.75) is 39.0 Å². The summed E-state index contributed by atoms with van der Waals surface area (Å²) in [4.78, 5) is 12.5.